The Morgan fingerprint density at radius 3 is 2.93 bits per heavy atom. The molecule has 3 atom stereocenters. The van der Waals surface area contributed by atoms with Gasteiger partial charge in [0.05, 0.1) is 12.1 Å². The second kappa shape index (κ2) is 10.3. The van der Waals surface area contributed by atoms with Crippen molar-refractivity contribution in [3.63, 3.8) is 0 Å². The molecule has 27 heavy (non-hydrogen) atoms. The number of amides is 1. The van der Waals surface area contributed by atoms with Crippen LogP contribution in [-0.2, 0) is 11.2 Å². The molecule has 0 aromatic carbocycles. The number of carbonyl (C=O) groups is 2. The SMILES string of the molecule is CC#CC[C@@H](C)[C@@H](O)C=C[C@H]1CCC(=O)N1CCCc1ccc(C(=O)O)s1. The number of thiophene rings is 1. The van der Waals surface area contributed by atoms with Gasteiger partial charge in [-0.2, -0.15) is 0 Å². The van der Waals surface area contributed by atoms with Crippen molar-refractivity contribution < 1.29 is 19.8 Å². The summed E-state index contributed by atoms with van der Waals surface area (Å²) in [5.41, 5.74) is 0. The largest absolute Gasteiger partial charge is 0.477 e. The molecule has 6 heteroatoms. The number of rotatable bonds is 9. The highest BCUT2D eigenvalue weighted by Gasteiger charge is 2.28. The molecule has 1 aliphatic rings. The smallest absolute Gasteiger partial charge is 0.345 e. The number of carbonyl (C=O) groups excluding carboxylic acids is 1. The molecule has 1 aliphatic heterocycles. The summed E-state index contributed by atoms with van der Waals surface area (Å²) in [5, 5.41) is 19.2. The van der Waals surface area contributed by atoms with Crippen LogP contribution in [-0.4, -0.2) is 45.7 Å². The molecular formula is C21H27NO4S. The normalized spacial score (nSPS) is 19.1. The van der Waals surface area contributed by atoms with Gasteiger partial charge in [0.15, 0.2) is 0 Å². The number of nitrogens with zero attached hydrogens (tertiary/aromatic N) is 1. The molecule has 0 unspecified atom stereocenters. The summed E-state index contributed by atoms with van der Waals surface area (Å²) in [7, 11) is 0. The molecule has 1 amide bonds. The first kappa shape index (κ1) is 21.2. The minimum absolute atomic E-state index is 0.0227. The first-order chi connectivity index (χ1) is 12.9. The van der Waals surface area contributed by atoms with E-state index in [1.807, 2.05) is 24.0 Å². The molecule has 1 aromatic rings. The third-order valence-electron chi connectivity index (χ3n) is 4.78. The average molecular weight is 390 g/mol. The number of hydrogen-bond donors (Lipinski definition) is 2. The van der Waals surface area contributed by atoms with Crippen molar-refractivity contribution >= 4 is 23.2 Å². The van der Waals surface area contributed by atoms with Gasteiger partial charge in [0.1, 0.15) is 4.88 Å². The number of aryl methyl sites for hydroxylation is 1. The van der Waals surface area contributed by atoms with Gasteiger partial charge in [-0.05, 0) is 44.2 Å². The monoisotopic (exact) mass is 389 g/mol. The summed E-state index contributed by atoms with van der Waals surface area (Å²) in [6.07, 6.45) is 6.67. The van der Waals surface area contributed by atoms with Gasteiger partial charge < -0.3 is 15.1 Å². The van der Waals surface area contributed by atoms with E-state index in [1.54, 1.807) is 19.1 Å². The fraction of sp³-hybridized carbons (Fsp3) is 0.524. The van der Waals surface area contributed by atoms with E-state index in [4.69, 9.17) is 5.11 Å². The summed E-state index contributed by atoms with van der Waals surface area (Å²) in [6.45, 7) is 4.39. The molecule has 2 heterocycles. The lowest BCUT2D eigenvalue weighted by atomic mass is 10.00. The Hall–Kier alpha value is -2.10. The third-order valence-corrected chi connectivity index (χ3v) is 5.92. The van der Waals surface area contributed by atoms with Crippen LogP contribution in [0.25, 0.3) is 0 Å². The number of aromatic carboxylic acids is 1. The quantitative estimate of drug-likeness (QED) is 0.502. The number of hydrogen-bond acceptors (Lipinski definition) is 4. The topological polar surface area (TPSA) is 77.8 Å². The second-order valence-corrected chi connectivity index (χ2v) is 8.02. The van der Waals surface area contributed by atoms with Crippen LogP contribution in [0.4, 0.5) is 0 Å². The minimum atomic E-state index is -0.899. The lowest BCUT2D eigenvalue weighted by Crippen LogP contribution is -2.33. The zero-order chi connectivity index (χ0) is 19.8. The van der Waals surface area contributed by atoms with Crippen molar-refractivity contribution in [2.24, 2.45) is 5.92 Å². The molecule has 0 bridgehead atoms. The van der Waals surface area contributed by atoms with Crippen molar-refractivity contribution in [2.45, 2.75) is 58.1 Å². The Bertz CT molecular complexity index is 743. The predicted molar refractivity (Wildman–Crippen MR) is 107 cm³/mol. The first-order valence-electron chi connectivity index (χ1n) is 9.29. The molecule has 1 aromatic heterocycles. The number of likely N-dealkylation sites (tertiary alicyclic amines) is 1. The molecule has 0 spiro atoms. The van der Waals surface area contributed by atoms with Crippen LogP contribution in [0.3, 0.4) is 0 Å². The van der Waals surface area contributed by atoms with Gasteiger partial charge in [-0.1, -0.05) is 19.1 Å². The molecule has 146 valence electrons. The van der Waals surface area contributed by atoms with Gasteiger partial charge in [-0.25, -0.2) is 4.79 Å². The number of carboxylic acid groups (broad SMARTS) is 1. The van der Waals surface area contributed by atoms with E-state index in [1.165, 1.54) is 11.3 Å². The number of aliphatic hydroxyl groups is 1. The van der Waals surface area contributed by atoms with Crippen LogP contribution in [0.5, 0.6) is 0 Å². The molecule has 0 aliphatic carbocycles. The zero-order valence-corrected chi connectivity index (χ0v) is 16.7. The molecule has 5 nitrogen and oxygen atoms in total. The summed E-state index contributed by atoms with van der Waals surface area (Å²) in [6, 6.07) is 3.49. The van der Waals surface area contributed by atoms with Gasteiger partial charge in [0.25, 0.3) is 0 Å². The fourth-order valence-corrected chi connectivity index (χ4v) is 4.00. The highest BCUT2D eigenvalue weighted by Crippen LogP contribution is 2.23. The molecular weight excluding hydrogens is 362 g/mol. The molecule has 1 fully saturated rings. The molecule has 2 N–H and O–H groups in total. The third kappa shape index (κ3) is 6.23. The van der Waals surface area contributed by atoms with Crippen molar-refractivity contribution in [1.29, 1.82) is 0 Å². The van der Waals surface area contributed by atoms with Crippen molar-refractivity contribution in [3.05, 3.63) is 34.0 Å². The highest BCUT2D eigenvalue weighted by molar-refractivity contribution is 7.13. The maximum Gasteiger partial charge on any atom is 0.345 e. The molecule has 2 rings (SSSR count). The van der Waals surface area contributed by atoms with E-state index in [0.29, 0.717) is 24.3 Å². The Morgan fingerprint density at radius 2 is 2.26 bits per heavy atom. The maximum atomic E-state index is 12.2. The first-order valence-corrected chi connectivity index (χ1v) is 10.1. The molecule has 1 saturated heterocycles. The van der Waals surface area contributed by atoms with E-state index in [9.17, 15) is 14.7 Å². The van der Waals surface area contributed by atoms with E-state index < -0.39 is 12.1 Å². The van der Waals surface area contributed by atoms with Crippen LogP contribution in [0, 0.1) is 17.8 Å². The Labute approximate surface area is 164 Å². The van der Waals surface area contributed by atoms with Crippen LogP contribution < -0.4 is 0 Å². The number of aliphatic hydroxyl groups excluding tert-OH is 1. The summed E-state index contributed by atoms with van der Waals surface area (Å²) >= 11 is 1.29. The van der Waals surface area contributed by atoms with Crippen LogP contribution in [0.1, 0.15) is 54.1 Å². The lowest BCUT2D eigenvalue weighted by Gasteiger charge is -2.23. The molecule has 0 saturated carbocycles. The van der Waals surface area contributed by atoms with Crippen LogP contribution in [0.15, 0.2) is 24.3 Å². The van der Waals surface area contributed by atoms with Crippen molar-refractivity contribution in [2.75, 3.05) is 6.54 Å². The van der Waals surface area contributed by atoms with E-state index in [-0.39, 0.29) is 17.9 Å². The fourth-order valence-electron chi connectivity index (χ4n) is 3.11. The Morgan fingerprint density at radius 1 is 1.48 bits per heavy atom. The highest BCUT2D eigenvalue weighted by atomic mass is 32.1. The van der Waals surface area contributed by atoms with Gasteiger partial charge in [0.2, 0.25) is 5.91 Å². The van der Waals surface area contributed by atoms with E-state index in [2.05, 4.69) is 11.8 Å². The average Bonchev–Trinajstić information content (AvgIpc) is 3.25. The van der Waals surface area contributed by atoms with Gasteiger partial charge in [-0.3, -0.25) is 4.79 Å². The van der Waals surface area contributed by atoms with Crippen molar-refractivity contribution in [1.82, 2.24) is 4.90 Å². The van der Waals surface area contributed by atoms with Crippen LogP contribution in [0.2, 0.25) is 0 Å². The van der Waals surface area contributed by atoms with Crippen molar-refractivity contribution in [3.8, 4) is 11.8 Å². The van der Waals surface area contributed by atoms with Crippen LogP contribution >= 0.6 is 11.3 Å². The predicted octanol–water partition coefficient (Wildman–Crippen LogP) is 3.34. The summed E-state index contributed by atoms with van der Waals surface area (Å²) < 4.78 is 0. The van der Waals surface area contributed by atoms with E-state index >= 15 is 0 Å². The van der Waals surface area contributed by atoms with Gasteiger partial charge in [-0.15, -0.1) is 23.2 Å². The Balaban J connectivity index is 1.86. The standard InChI is InChI=1S/C21H27NO4S/c1-3-4-6-15(2)18(23)11-8-16-9-13-20(24)22(16)14-5-7-17-10-12-19(27-17)21(25)26/h8,10-12,15-16,18,23H,5-7,9,13-14H2,1-2H3,(H,25,26)/t15-,16+,18+/m1/s1. The lowest BCUT2D eigenvalue weighted by molar-refractivity contribution is -0.128. The second-order valence-electron chi connectivity index (χ2n) is 6.85. The van der Waals surface area contributed by atoms with Gasteiger partial charge in [0, 0.05) is 24.3 Å². The summed E-state index contributed by atoms with van der Waals surface area (Å²) in [5.74, 6) is 5.12. The zero-order valence-electron chi connectivity index (χ0n) is 15.9. The van der Waals surface area contributed by atoms with E-state index in [0.717, 1.165) is 24.1 Å². The number of carboxylic acids is 1. The minimum Gasteiger partial charge on any atom is -0.477 e. The summed E-state index contributed by atoms with van der Waals surface area (Å²) in [4.78, 5) is 26.3. The Kier molecular flexibility index (Phi) is 8.08. The molecule has 0 radical (unpaired) electrons. The van der Waals surface area contributed by atoms with Gasteiger partial charge >= 0.3 is 5.97 Å². The maximum absolute atomic E-state index is 12.2.